The van der Waals surface area contributed by atoms with E-state index in [1.807, 2.05) is 4.90 Å². The number of carbonyl (C=O) groups excluding carboxylic acids is 1. The number of ether oxygens (including phenoxy) is 1. The van der Waals surface area contributed by atoms with Crippen molar-refractivity contribution in [3.8, 4) is 0 Å². The second kappa shape index (κ2) is 9.57. The Bertz CT molecular complexity index is 290. The molecule has 7 nitrogen and oxygen atoms in total. The third-order valence-electron chi connectivity index (χ3n) is 3.00. The average Bonchev–Trinajstić information content (AvgIpc) is 2.95. The standard InChI is InChI=1S/C12H25N5O2/c1-19-10-4-6-14-12(16-13)15-7-5-11(18)17-8-2-3-9-17/h2-10,13H2,1H3,(H2,14,15,16). The van der Waals surface area contributed by atoms with E-state index in [-0.39, 0.29) is 5.91 Å². The molecule has 0 aromatic carbocycles. The third-order valence-corrected chi connectivity index (χ3v) is 3.00. The van der Waals surface area contributed by atoms with Gasteiger partial charge in [-0.25, -0.2) is 5.84 Å². The van der Waals surface area contributed by atoms with Crippen LogP contribution < -0.4 is 16.6 Å². The van der Waals surface area contributed by atoms with Crippen LogP contribution in [0.3, 0.4) is 0 Å². The van der Waals surface area contributed by atoms with Crippen LogP contribution in [0.25, 0.3) is 0 Å². The molecule has 0 unspecified atom stereocenters. The zero-order valence-electron chi connectivity index (χ0n) is 11.7. The number of likely N-dealkylation sites (tertiary alicyclic amines) is 1. The predicted molar refractivity (Wildman–Crippen MR) is 74.6 cm³/mol. The molecule has 1 aliphatic rings. The van der Waals surface area contributed by atoms with Gasteiger partial charge in [0.15, 0.2) is 0 Å². The molecule has 19 heavy (non-hydrogen) atoms. The van der Waals surface area contributed by atoms with Crippen molar-refractivity contribution in [2.45, 2.75) is 25.7 Å². The Kier molecular flexibility index (Phi) is 7.92. The minimum atomic E-state index is 0.195. The van der Waals surface area contributed by atoms with E-state index in [4.69, 9.17) is 10.6 Å². The first-order chi connectivity index (χ1) is 9.27. The quantitative estimate of drug-likeness (QED) is 0.190. The van der Waals surface area contributed by atoms with E-state index >= 15 is 0 Å². The summed E-state index contributed by atoms with van der Waals surface area (Å²) in [4.78, 5) is 17.9. The highest BCUT2D eigenvalue weighted by Gasteiger charge is 2.16. The summed E-state index contributed by atoms with van der Waals surface area (Å²) in [5.41, 5.74) is 2.50. The van der Waals surface area contributed by atoms with Crippen molar-refractivity contribution in [3.63, 3.8) is 0 Å². The number of hydrogen-bond acceptors (Lipinski definition) is 4. The number of carbonyl (C=O) groups is 1. The van der Waals surface area contributed by atoms with Gasteiger partial charge in [-0.1, -0.05) is 0 Å². The molecule has 0 radical (unpaired) electrons. The lowest BCUT2D eigenvalue weighted by molar-refractivity contribution is -0.129. The molecule has 0 aromatic heterocycles. The molecule has 4 N–H and O–H groups in total. The summed E-state index contributed by atoms with van der Waals surface area (Å²) < 4.78 is 4.94. The Labute approximate surface area is 114 Å². The van der Waals surface area contributed by atoms with E-state index in [9.17, 15) is 4.79 Å². The first-order valence-corrected chi connectivity index (χ1v) is 6.79. The summed E-state index contributed by atoms with van der Waals surface area (Å²) in [5, 5.41) is 3.03. The Morgan fingerprint density at radius 2 is 2.16 bits per heavy atom. The molecule has 0 spiro atoms. The minimum absolute atomic E-state index is 0.195. The van der Waals surface area contributed by atoms with Crippen LogP contribution in [0.5, 0.6) is 0 Å². The number of rotatable bonds is 7. The third kappa shape index (κ3) is 6.40. The van der Waals surface area contributed by atoms with Crippen LogP contribution in [0.4, 0.5) is 0 Å². The fourth-order valence-electron chi connectivity index (χ4n) is 1.96. The molecule has 0 aromatic rings. The van der Waals surface area contributed by atoms with Crippen molar-refractivity contribution >= 4 is 11.9 Å². The Morgan fingerprint density at radius 1 is 1.42 bits per heavy atom. The molecule has 0 saturated carbocycles. The fraction of sp³-hybridized carbons (Fsp3) is 0.833. The van der Waals surface area contributed by atoms with E-state index in [1.54, 1.807) is 7.11 Å². The zero-order valence-corrected chi connectivity index (χ0v) is 11.7. The number of guanidine groups is 1. The van der Waals surface area contributed by atoms with Crippen LogP contribution >= 0.6 is 0 Å². The van der Waals surface area contributed by atoms with Gasteiger partial charge in [0, 0.05) is 46.3 Å². The SMILES string of the molecule is COCCCN=C(NN)NCCC(=O)N1CCCC1. The molecular formula is C12H25N5O2. The van der Waals surface area contributed by atoms with Crippen molar-refractivity contribution in [2.75, 3.05) is 39.9 Å². The number of hydrogen-bond donors (Lipinski definition) is 3. The zero-order chi connectivity index (χ0) is 13.9. The molecule has 0 atom stereocenters. The van der Waals surface area contributed by atoms with E-state index in [0.29, 0.717) is 32.1 Å². The first-order valence-electron chi connectivity index (χ1n) is 6.79. The van der Waals surface area contributed by atoms with E-state index in [1.165, 1.54) is 0 Å². The number of hydrazine groups is 1. The van der Waals surface area contributed by atoms with Gasteiger partial charge in [0.05, 0.1) is 0 Å². The molecule has 1 aliphatic heterocycles. The molecule has 7 heteroatoms. The summed E-state index contributed by atoms with van der Waals surface area (Å²) in [5.74, 6) is 6.07. The van der Waals surface area contributed by atoms with Crippen LogP contribution in [-0.2, 0) is 9.53 Å². The number of aliphatic imine (C=N–C) groups is 1. The van der Waals surface area contributed by atoms with Crippen LogP contribution in [0.2, 0.25) is 0 Å². The Hall–Kier alpha value is -1.34. The number of nitrogens with zero attached hydrogens (tertiary/aromatic N) is 2. The topological polar surface area (TPSA) is 92.0 Å². The number of nitrogens with one attached hydrogen (secondary N) is 2. The Morgan fingerprint density at radius 3 is 2.79 bits per heavy atom. The molecular weight excluding hydrogens is 246 g/mol. The van der Waals surface area contributed by atoms with Crippen LogP contribution in [0, 0.1) is 0 Å². The van der Waals surface area contributed by atoms with Gasteiger partial charge in [0.2, 0.25) is 11.9 Å². The lowest BCUT2D eigenvalue weighted by Gasteiger charge is -2.15. The maximum absolute atomic E-state index is 11.8. The molecule has 110 valence electrons. The first kappa shape index (κ1) is 15.7. The second-order valence-corrected chi connectivity index (χ2v) is 4.49. The second-order valence-electron chi connectivity index (χ2n) is 4.49. The van der Waals surface area contributed by atoms with Crippen molar-refractivity contribution in [3.05, 3.63) is 0 Å². The molecule has 1 saturated heterocycles. The van der Waals surface area contributed by atoms with Crippen molar-refractivity contribution in [1.82, 2.24) is 15.6 Å². The summed E-state index contributed by atoms with van der Waals surface area (Å²) >= 11 is 0. The predicted octanol–water partition coefficient (Wildman–Crippen LogP) is -0.556. The maximum Gasteiger partial charge on any atom is 0.224 e. The van der Waals surface area contributed by atoms with Gasteiger partial charge < -0.3 is 15.0 Å². The molecule has 0 aliphatic carbocycles. The van der Waals surface area contributed by atoms with Crippen LogP contribution in [0.15, 0.2) is 4.99 Å². The smallest absolute Gasteiger partial charge is 0.224 e. The summed E-state index contributed by atoms with van der Waals surface area (Å²) in [6.07, 6.45) is 3.56. The monoisotopic (exact) mass is 271 g/mol. The highest BCUT2D eigenvalue weighted by molar-refractivity contribution is 5.81. The number of methoxy groups -OCH3 is 1. The van der Waals surface area contributed by atoms with E-state index in [0.717, 1.165) is 32.4 Å². The molecule has 0 bridgehead atoms. The van der Waals surface area contributed by atoms with Crippen LogP contribution in [0.1, 0.15) is 25.7 Å². The van der Waals surface area contributed by atoms with Crippen molar-refractivity contribution in [2.24, 2.45) is 10.8 Å². The summed E-state index contributed by atoms with van der Waals surface area (Å²) in [6, 6.07) is 0. The van der Waals surface area contributed by atoms with Gasteiger partial charge in [0.1, 0.15) is 0 Å². The van der Waals surface area contributed by atoms with Gasteiger partial charge in [-0.2, -0.15) is 0 Å². The number of nitrogens with two attached hydrogens (primary N) is 1. The van der Waals surface area contributed by atoms with Gasteiger partial charge in [-0.05, 0) is 19.3 Å². The molecule has 1 fully saturated rings. The summed E-state index contributed by atoms with van der Waals surface area (Å²) in [7, 11) is 1.66. The van der Waals surface area contributed by atoms with Gasteiger partial charge in [-0.3, -0.25) is 15.2 Å². The highest BCUT2D eigenvalue weighted by atomic mass is 16.5. The Balaban J connectivity index is 2.15. The number of amides is 1. The maximum atomic E-state index is 11.8. The van der Waals surface area contributed by atoms with Crippen LogP contribution in [-0.4, -0.2) is 56.7 Å². The van der Waals surface area contributed by atoms with Gasteiger partial charge >= 0.3 is 0 Å². The van der Waals surface area contributed by atoms with E-state index < -0.39 is 0 Å². The molecule has 1 amide bonds. The lowest BCUT2D eigenvalue weighted by atomic mass is 10.3. The minimum Gasteiger partial charge on any atom is -0.385 e. The average molecular weight is 271 g/mol. The summed E-state index contributed by atoms with van der Waals surface area (Å²) in [6.45, 7) is 3.65. The molecule has 1 heterocycles. The lowest BCUT2D eigenvalue weighted by Crippen LogP contribution is -2.43. The normalized spacial score (nSPS) is 15.7. The van der Waals surface area contributed by atoms with Crippen molar-refractivity contribution < 1.29 is 9.53 Å². The molecule has 1 rings (SSSR count). The highest BCUT2D eigenvalue weighted by Crippen LogP contribution is 2.08. The van der Waals surface area contributed by atoms with E-state index in [2.05, 4.69) is 15.7 Å². The van der Waals surface area contributed by atoms with Crippen molar-refractivity contribution in [1.29, 1.82) is 0 Å². The van der Waals surface area contributed by atoms with Gasteiger partial charge in [0.25, 0.3) is 0 Å². The van der Waals surface area contributed by atoms with Gasteiger partial charge in [-0.15, -0.1) is 0 Å². The largest absolute Gasteiger partial charge is 0.385 e. The fourth-order valence-corrected chi connectivity index (χ4v) is 1.96.